The number of carboxylic acid groups (broad SMARTS) is 1. The van der Waals surface area contributed by atoms with E-state index in [4.69, 9.17) is 14.9 Å². The number of aliphatic carboxylic acids is 1. The van der Waals surface area contributed by atoms with Crippen molar-refractivity contribution < 1.29 is 19.4 Å². The van der Waals surface area contributed by atoms with Crippen LogP contribution in [0.2, 0.25) is 0 Å². The van der Waals surface area contributed by atoms with Gasteiger partial charge in [-0.05, 0) is 38.5 Å². The lowest BCUT2D eigenvalue weighted by atomic mass is 9.96. The first-order valence-electron chi connectivity index (χ1n) is 8.94. The normalized spacial score (nSPS) is 18.4. The number of halogens is 1. The smallest absolute Gasteiger partial charge is 0.329 e. The fourth-order valence-electron chi connectivity index (χ4n) is 3.55. The minimum atomic E-state index is -1.10. The third-order valence-corrected chi connectivity index (χ3v) is 5.15. The van der Waals surface area contributed by atoms with Gasteiger partial charge >= 0.3 is 5.97 Å². The van der Waals surface area contributed by atoms with Gasteiger partial charge in [0.2, 0.25) is 5.91 Å². The first-order valence-corrected chi connectivity index (χ1v) is 9.73. The number of hydrogen-bond donors (Lipinski definition) is 2. The summed E-state index contributed by atoms with van der Waals surface area (Å²) in [7, 11) is 0. The molecular formula is C20H22BrN3O4. The number of aromatic nitrogens is 2. The van der Waals surface area contributed by atoms with Crippen LogP contribution in [0.15, 0.2) is 40.9 Å². The summed E-state index contributed by atoms with van der Waals surface area (Å²) < 4.78 is 7.76. The molecule has 148 valence electrons. The molecule has 2 atom stereocenters. The lowest BCUT2D eigenvalue weighted by Crippen LogP contribution is -2.35. The second-order valence-electron chi connectivity index (χ2n) is 6.76. The largest absolute Gasteiger partial charge is 0.480 e. The molecule has 0 bridgehead atoms. The van der Waals surface area contributed by atoms with Crippen LogP contribution in [0.4, 0.5) is 0 Å². The van der Waals surface area contributed by atoms with Gasteiger partial charge in [0.25, 0.3) is 0 Å². The van der Waals surface area contributed by atoms with Gasteiger partial charge in [0.15, 0.2) is 0 Å². The highest BCUT2D eigenvalue weighted by molar-refractivity contribution is 9.10. The van der Waals surface area contributed by atoms with E-state index in [-0.39, 0.29) is 24.5 Å². The molecule has 1 aliphatic carbocycles. The Balaban J connectivity index is 1.67. The number of nitrogens with zero attached hydrogens (tertiary/aromatic N) is 2. The van der Waals surface area contributed by atoms with Crippen molar-refractivity contribution in [3.05, 3.63) is 57.8 Å². The lowest BCUT2D eigenvalue weighted by molar-refractivity contribution is -0.143. The van der Waals surface area contributed by atoms with E-state index >= 15 is 0 Å². The first kappa shape index (κ1) is 20.3. The molecule has 0 aliphatic heterocycles. The van der Waals surface area contributed by atoms with Crippen LogP contribution < -0.4 is 5.32 Å². The van der Waals surface area contributed by atoms with Gasteiger partial charge in [0.1, 0.15) is 13.2 Å². The Kier molecular flexibility index (Phi) is 6.31. The average molecular weight is 448 g/mol. The second-order valence-corrected chi connectivity index (χ2v) is 7.68. The number of benzene rings is 1. The van der Waals surface area contributed by atoms with E-state index in [1.807, 2.05) is 41.9 Å². The number of allylic oxidation sites excluding steroid dienone is 1. The average Bonchev–Trinajstić information content (AvgIpc) is 3.18. The van der Waals surface area contributed by atoms with Crippen molar-refractivity contribution in [2.24, 2.45) is 0 Å². The van der Waals surface area contributed by atoms with E-state index < -0.39 is 12.6 Å². The molecule has 2 unspecified atom stereocenters. The van der Waals surface area contributed by atoms with Gasteiger partial charge in [-0.15, -0.1) is 0 Å². The summed E-state index contributed by atoms with van der Waals surface area (Å²) in [5.74, 6) is -1.26. The van der Waals surface area contributed by atoms with Crippen LogP contribution >= 0.6 is 15.9 Å². The van der Waals surface area contributed by atoms with Crippen LogP contribution in [0.25, 0.3) is 5.69 Å². The number of carboxylic acids is 1. The Bertz CT molecular complexity index is 922. The minimum Gasteiger partial charge on any atom is -0.480 e. The predicted octanol–water partition coefficient (Wildman–Crippen LogP) is 2.88. The molecule has 2 aromatic rings. The maximum atomic E-state index is 11.9. The summed E-state index contributed by atoms with van der Waals surface area (Å²) in [5, 5.41) is 16.1. The van der Waals surface area contributed by atoms with Gasteiger partial charge in [-0.1, -0.05) is 34.1 Å². The molecule has 1 aliphatic rings. The van der Waals surface area contributed by atoms with Crippen LogP contribution in [0.5, 0.6) is 0 Å². The zero-order valence-electron chi connectivity index (χ0n) is 15.7. The van der Waals surface area contributed by atoms with Crippen LogP contribution in [0.1, 0.15) is 29.3 Å². The standard InChI is InChI=1S/C20H22BrN3O4/c1-12-20(13(2)24(23-12)17-5-3-4-15(21)9-17)14-6-7-16(8-14)22-18(25)10-28-11-19(26)27/h3-7,9,14,16H,8,10-11H2,1-2H3,(H,22,25)(H,26,27). The van der Waals surface area contributed by atoms with Gasteiger partial charge in [0, 0.05) is 27.7 Å². The molecule has 28 heavy (non-hydrogen) atoms. The maximum absolute atomic E-state index is 11.9. The fourth-order valence-corrected chi connectivity index (χ4v) is 3.94. The van der Waals surface area contributed by atoms with Crippen molar-refractivity contribution in [1.29, 1.82) is 0 Å². The topological polar surface area (TPSA) is 93.5 Å². The van der Waals surface area contributed by atoms with Gasteiger partial charge < -0.3 is 15.2 Å². The summed E-state index contributed by atoms with van der Waals surface area (Å²) in [6.45, 7) is 3.30. The van der Waals surface area contributed by atoms with Gasteiger partial charge in [-0.2, -0.15) is 5.10 Å². The molecule has 8 heteroatoms. The van der Waals surface area contributed by atoms with Crippen LogP contribution in [0, 0.1) is 13.8 Å². The van der Waals surface area contributed by atoms with Gasteiger partial charge in [0.05, 0.1) is 11.4 Å². The quantitative estimate of drug-likeness (QED) is 0.636. The lowest BCUT2D eigenvalue weighted by Gasteiger charge is -2.15. The molecule has 0 radical (unpaired) electrons. The van der Waals surface area contributed by atoms with Crippen LogP contribution in [0.3, 0.4) is 0 Å². The summed E-state index contributed by atoms with van der Waals surface area (Å²) in [5.41, 5.74) is 4.18. The van der Waals surface area contributed by atoms with E-state index in [2.05, 4.69) is 34.2 Å². The number of hydrogen-bond acceptors (Lipinski definition) is 4. The van der Waals surface area contributed by atoms with Crippen LogP contribution in [-0.4, -0.2) is 46.0 Å². The molecule has 1 aromatic carbocycles. The number of amides is 1. The molecule has 0 spiro atoms. The number of ether oxygens (including phenoxy) is 1. The van der Waals surface area contributed by atoms with Crippen molar-refractivity contribution >= 4 is 27.8 Å². The van der Waals surface area contributed by atoms with E-state index in [1.54, 1.807) is 0 Å². The van der Waals surface area contributed by atoms with Crippen molar-refractivity contribution in [2.45, 2.75) is 32.2 Å². The number of rotatable bonds is 7. The molecule has 7 nitrogen and oxygen atoms in total. The number of carbonyl (C=O) groups is 2. The molecule has 1 aromatic heterocycles. The third-order valence-electron chi connectivity index (χ3n) is 4.66. The Hall–Kier alpha value is -2.45. The molecule has 1 heterocycles. The van der Waals surface area contributed by atoms with Crippen molar-refractivity contribution in [1.82, 2.24) is 15.1 Å². The van der Waals surface area contributed by atoms with Crippen molar-refractivity contribution in [3.8, 4) is 5.69 Å². The van der Waals surface area contributed by atoms with E-state index in [0.29, 0.717) is 0 Å². The van der Waals surface area contributed by atoms with E-state index in [1.165, 1.54) is 0 Å². The number of carbonyl (C=O) groups excluding carboxylic acids is 1. The molecule has 0 saturated heterocycles. The maximum Gasteiger partial charge on any atom is 0.329 e. The minimum absolute atomic E-state index is 0.112. The van der Waals surface area contributed by atoms with Crippen molar-refractivity contribution in [2.75, 3.05) is 13.2 Å². The Labute approximate surface area is 171 Å². The highest BCUT2D eigenvalue weighted by atomic mass is 79.9. The summed E-state index contributed by atoms with van der Waals surface area (Å²) >= 11 is 3.50. The van der Waals surface area contributed by atoms with Gasteiger partial charge in [-0.3, -0.25) is 4.79 Å². The Morgan fingerprint density at radius 3 is 2.82 bits per heavy atom. The molecule has 0 fully saturated rings. The first-order chi connectivity index (χ1) is 13.3. The zero-order chi connectivity index (χ0) is 20.3. The summed E-state index contributed by atoms with van der Waals surface area (Å²) in [4.78, 5) is 22.3. The van der Waals surface area contributed by atoms with E-state index in [0.717, 1.165) is 33.5 Å². The molecule has 2 N–H and O–H groups in total. The summed E-state index contributed by atoms with van der Waals surface area (Å²) in [6.07, 6.45) is 4.79. The SMILES string of the molecule is Cc1nn(-c2cccc(Br)c2)c(C)c1C1C=CC(NC(=O)COCC(=O)O)C1. The Morgan fingerprint density at radius 1 is 1.32 bits per heavy atom. The van der Waals surface area contributed by atoms with Crippen molar-refractivity contribution in [3.63, 3.8) is 0 Å². The molecule has 1 amide bonds. The fraction of sp³-hybridized carbons (Fsp3) is 0.350. The third kappa shape index (κ3) is 4.69. The highest BCUT2D eigenvalue weighted by Crippen LogP contribution is 2.34. The zero-order valence-corrected chi connectivity index (χ0v) is 17.3. The Morgan fingerprint density at radius 2 is 2.11 bits per heavy atom. The monoisotopic (exact) mass is 447 g/mol. The number of aryl methyl sites for hydroxylation is 1. The molecular weight excluding hydrogens is 426 g/mol. The molecule has 3 rings (SSSR count). The van der Waals surface area contributed by atoms with Crippen LogP contribution in [-0.2, 0) is 14.3 Å². The van der Waals surface area contributed by atoms with Gasteiger partial charge in [-0.25, -0.2) is 9.48 Å². The van der Waals surface area contributed by atoms with E-state index in [9.17, 15) is 9.59 Å². The molecule has 0 saturated carbocycles. The number of nitrogens with one attached hydrogen (secondary N) is 1. The highest BCUT2D eigenvalue weighted by Gasteiger charge is 2.27. The second kappa shape index (κ2) is 8.70. The summed E-state index contributed by atoms with van der Waals surface area (Å²) in [6, 6.07) is 7.87. The predicted molar refractivity (Wildman–Crippen MR) is 108 cm³/mol.